The average Bonchev–Trinajstić information content (AvgIpc) is 3.17. The maximum atomic E-state index is 12.8. The first-order valence-electron chi connectivity index (χ1n) is 6.24. The second-order valence-corrected chi connectivity index (χ2v) is 6.96. The van der Waals surface area contributed by atoms with Crippen molar-refractivity contribution < 1.29 is 12.8 Å². The lowest BCUT2D eigenvalue weighted by Gasteiger charge is -2.04. The minimum atomic E-state index is -3.71. The highest BCUT2D eigenvalue weighted by molar-refractivity contribution is 7.89. The summed E-state index contributed by atoms with van der Waals surface area (Å²) >= 11 is 1.53. The minimum Gasteiger partial charge on any atom is -0.220 e. The Morgan fingerprint density at radius 1 is 1.23 bits per heavy atom. The molecule has 0 saturated carbocycles. The quantitative estimate of drug-likeness (QED) is 0.771. The standard InChI is InChI=1S/C13H11FN4O2S2/c14-10-1-3-13(4-2-10)22(19,20)15-7-11-8-18(17-16-11)12-5-6-21-9-12/h1-6,8-9,15H,7H2. The average molecular weight is 338 g/mol. The molecule has 0 unspecified atom stereocenters. The zero-order chi connectivity index (χ0) is 15.6. The Balaban J connectivity index is 1.71. The van der Waals surface area contributed by atoms with E-state index in [9.17, 15) is 12.8 Å². The van der Waals surface area contributed by atoms with Crippen molar-refractivity contribution in [2.75, 3.05) is 0 Å². The summed E-state index contributed by atoms with van der Waals surface area (Å²) < 4.78 is 40.9. The molecular formula is C13H11FN4O2S2. The largest absolute Gasteiger partial charge is 0.240 e. The molecule has 0 radical (unpaired) electrons. The maximum Gasteiger partial charge on any atom is 0.240 e. The van der Waals surface area contributed by atoms with Crippen LogP contribution in [0, 0.1) is 5.82 Å². The van der Waals surface area contributed by atoms with Gasteiger partial charge < -0.3 is 0 Å². The van der Waals surface area contributed by atoms with Gasteiger partial charge in [0.2, 0.25) is 10.0 Å². The van der Waals surface area contributed by atoms with E-state index in [1.807, 2.05) is 16.8 Å². The van der Waals surface area contributed by atoms with E-state index in [4.69, 9.17) is 0 Å². The summed E-state index contributed by atoms with van der Waals surface area (Å²) in [5.74, 6) is -0.488. The molecule has 2 heterocycles. The van der Waals surface area contributed by atoms with Crippen molar-refractivity contribution >= 4 is 21.4 Å². The zero-order valence-electron chi connectivity index (χ0n) is 11.2. The van der Waals surface area contributed by atoms with E-state index >= 15 is 0 Å². The van der Waals surface area contributed by atoms with Crippen LogP contribution in [0.15, 0.2) is 52.2 Å². The van der Waals surface area contributed by atoms with Crippen molar-refractivity contribution in [3.8, 4) is 5.69 Å². The van der Waals surface area contributed by atoms with Gasteiger partial charge in [0.1, 0.15) is 5.82 Å². The number of rotatable bonds is 5. The van der Waals surface area contributed by atoms with E-state index in [1.165, 1.54) is 23.5 Å². The molecule has 0 amide bonds. The third kappa shape index (κ3) is 3.21. The fourth-order valence-corrected chi connectivity index (χ4v) is 3.38. The highest BCUT2D eigenvalue weighted by Crippen LogP contribution is 2.12. The molecule has 0 aliphatic carbocycles. The SMILES string of the molecule is O=S(=O)(NCc1cn(-c2ccsc2)nn1)c1ccc(F)cc1. The molecule has 0 bridgehead atoms. The predicted molar refractivity (Wildman–Crippen MR) is 79.7 cm³/mol. The van der Waals surface area contributed by atoms with Gasteiger partial charge in [-0.2, -0.15) is 11.3 Å². The smallest absolute Gasteiger partial charge is 0.220 e. The van der Waals surface area contributed by atoms with Crippen LogP contribution in [0.3, 0.4) is 0 Å². The zero-order valence-corrected chi connectivity index (χ0v) is 12.8. The number of hydrogen-bond donors (Lipinski definition) is 1. The number of hydrogen-bond acceptors (Lipinski definition) is 5. The Bertz CT molecular complexity index is 858. The molecular weight excluding hydrogens is 327 g/mol. The van der Waals surface area contributed by atoms with Crippen LogP contribution in [-0.2, 0) is 16.6 Å². The van der Waals surface area contributed by atoms with Crippen molar-refractivity contribution in [2.24, 2.45) is 0 Å². The molecule has 1 N–H and O–H groups in total. The van der Waals surface area contributed by atoms with E-state index in [2.05, 4.69) is 15.0 Å². The summed E-state index contributed by atoms with van der Waals surface area (Å²) in [6.45, 7) is 0.00382. The number of halogens is 1. The normalized spacial score (nSPS) is 11.7. The number of sulfonamides is 1. The van der Waals surface area contributed by atoms with Crippen molar-refractivity contribution in [3.05, 3.63) is 58.8 Å². The summed E-state index contributed by atoms with van der Waals surface area (Å²) in [7, 11) is -3.71. The molecule has 3 aromatic rings. The lowest BCUT2D eigenvalue weighted by molar-refractivity contribution is 0.579. The molecule has 9 heteroatoms. The van der Waals surface area contributed by atoms with E-state index in [1.54, 1.807) is 10.9 Å². The number of thiophene rings is 1. The van der Waals surface area contributed by atoms with Crippen molar-refractivity contribution in [1.82, 2.24) is 19.7 Å². The van der Waals surface area contributed by atoms with Crippen molar-refractivity contribution in [3.63, 3.8) is 0 Å². The Kier molecular flexibility index (Phi) is 4.01. The molecule has 22 heavy (non-hydrogen) atoms. The molecule has 2 aromatic heterocycles. The van der Waals surface area contributed by atoms with Gasteiger partial charge in [0.05, 0.1) is 29.0 Å². The van der Waals surface area contributed by atoms with Gasteiger partial charge in [-0.05, 0) is 35.7 Å². The van der Waals surface area contributed by atoms with Gasteiger partial charge in [-0.1, -0.05) is 5.21 Å². The van der Waals surface area contributed by atoms with Gasteiger partial charge in [-0.25, -0.2) is 22.2 Å². The van der Waals surface area contributed by atoms with Crippen LogP contribution in [0.1, 0.15) is 5.69 Å². The monoisotopic (exact) mass is 338 g/mol. The maximum absolute atomic E-state index is 12.8. The topological polar surface area (TPSA) is 76.9 Å². The third-order valence-electron chi connectivity index (χ3n) is 2.88. The van der Waals surface area contributed by atoms with Gasteiger partial charge in [-0.15, -0.1) is 5.10 Å². The molecule has 114 valence electrons. The highest BCUT2D eigenvalue weighted by atomic mass is 32.2. The fourth-order valence-electron chi connectivity index (χ4n) is 1.76. The molecule has 0 spiro atoms. The van der Waals surface area contributed by atoms with Crippen LogP contribution >= 0.6 is 11.3 Å². The molecule has 1 aromatic carbocycles. The van der Waals surface area contributed by atoms with E-state index in [0.29, 0.717) is 5.69 Å². The van der Waals surface area contributed by atoms with E-state index < -0.39 is 15.8 Å². The predicted octanol–water partition coefficient (Wildman–Crippen LogP) is 1.95. The first-order chi connectivity index (χ1) is 10.5. The molecule has 0 aliphatic rings. The summed E-state index contributed by atoms with van der Waals surface area (Å²) in [4.78, 5) is -0.000809. The number of nitrogens with zero attached hydrogens (tertiary/aromatic N) is 3. The van der Waals surface area contributed by atoms with Crippen LogP contribution in [0.4, 0.5) is 4.39 Å². The molecule has 3 rings (SSSR count). The second kappa shape index (κ2) is 5.95. The number of benzene rings is 1. The van der Waals surface area contributed by atoms with Crippen molar-refractivity contribution in [2.45, 2.75) is 11.4 Å². The molecule has 6 nitrogen and oxygen atoms in total. The first-order valence-corrected chi connectivity index (χ1v) is 8.66. The van der Waals surface area contributed by atoms with Crippen LogP contribution in [0.2, 0.25) is 0 Å². The molecule has 0 atom stereocenters. The number of nitrogens with one attached hydrogen (secondary N) is 1. The molecule has 0 aliphatic heterocycles. The Hall–Kier alpha value is -2.10. The summed E-state index contributed by atoms with van der Waals surface area (Å²) in [5, 5.41) is 11.7. The van der Waals surface area contributed by atoms with E-state index in [0.717, 1.165) is 17.8 Å². The van der Waals surface area contributed by atoms with Crippen LogP contribution in [0.25, 0.3) is 5.69 Å². The highest BCUT2D eigenvalue weighted by Gasteiger charge is 2.14. The van der Waals surface area contributed by atoms with Gasteiger partial charge in [0.25, 0.3) is 0 Å². The van der Waals surface area contributed by atoms with Gasteiger partial charge in [0.15, 0.2) is 0 Å². The van der Waals surface area contributed by atoms with Gasteiger partial charge >= 0.3 is 0 Å². The van der Waals surface area contributed by atoms with Crippen molar-refractivity contribution in [1.29, 1.82) is 0 Å². The minimum absolute atomic E-state index is 0.000809. The summed E-state index contributed by atoms with van der Waals surface area (Å²) in [6, 6.07) is 6.49. The fraction of sp³-hybridized carbons (Fsp3) is 0.0769. The van der Waals surface area contributed by atoms with Gasteiger partial charge in [-0.3, -0.25) is 0 Å². The molecule has 0 saturated heterocycles. The Labute approximate surface area is 130 Å². The Morgan fingerprint density at radius 3 is 2.68 bits per heavy atom. The number of aromatic nitrogens is 3. The lowest BCUT2D eigenvalue weighted by atomic mass is 10.4. The first kappa shape index (κ1) is 14.8. The van der Waals surface area contributed by atoms with Crippen LogP contribution < -0.4 is 4.72 Å². The molecule has 0 fully saturated rings. The summed E-state index contributed by atoms with van der Waals surface area (Å²) in [5.41, 5.74) is 1.35. The van der Waals surface area contributed by atoms with Crippen LogP contribution in [-0.4, -0.2) is 23.4 Å². The van der Waals surface area contributed by atoms with Gasteiger partial charge in [0, 0.05) is 5.38 Å². The van der Waals surface area contributed by atoms with Crippen LogP contribution in [0.5, 0.6) is 0 Å². The lowest BCUT2D eigenvalue weighted by Crippen LogP contribution is -2.23. The second-order valence-electron chi connectivity index (χ2n) is 4.41. The van der Waals surface area contributed by atoms with E-state index in [-0.39, 0.29) is 11.4 Å². The Morgan fingerprint density at radius 2 is 2.00 bits per heavy atom. The summed E-state index contributed by atoms with van der Waals surface area (Å²) in [6.07, 6.45) is 1.65. The third-order valence-corrected chi connectivity index (χ3v) is 4.97.